The van der Waals surface area contributed by atoms with Crippen LogP contribution in [0.1, 0.15) is 31.8 Å². The Bertz CT molecular complexity index is 1060. The highest BCUT2D eigenvalue weighted by atomic mass is 16.5. The molecule has 0 unspecified atom stereocenters. The molecule has 3 aromatic rings. The van der Waals surface area contributed by atoms with E-state index in [2.05, 4.69) is 0 Å². The summed E-state index contributed by atoms with van der Waals surface area (Å²) in [6, 6.07) is 12.8. The molecule has 0 atom stereocenters. The minimum atomic E-state index is -0.424. The van der Waals surface area contributed by atoms with E-state index < -0.39 is 5.97 Å². The molecule has 0 saturated heterocycles. The predicted molar refractivity (Wildman–Crippen MR) is 95.4 cm³/mol. The van der Waals surface area contributed by atoms with Gasteiger partial charge < -0.3 is 9.47 Å². The Balaban J connectivity index is 2.25. The summed E-state index contributed by atoms with van der Waals surface area (Å²) >= 11 is 0. The predicted octanol–water partition coefficient (Wildman–Crippen LogP) is 4.15. The fraction of sp³-hybridized carbons (Fsp3) is 0.143. The van der Waals surface area contributed by atoms with Crippen molar-refractivity contribution in [3.8, 4) is 16.9 Å². The Morgan fingerprint density at radius 2 is 1.72 bits per heavy atom. The maximum absolute atomic E-state index is 13.1. The van der Waals surface area contributed by atoms with Crippen LogP contribution in [0.3, 0.4) is 0 Å². The SMILES string of the molecule is COC(=O)c1ccc2c(C)ccc3c2c1-c1cccc(OC)c1C3=O. The lowest BCUT2D eigenvalue weighted by Crippen LogP contribution is -2.15. The number of benzene rings is 3. The van der Waals surface area contributed by atoms with Crippen molar-refractivity contribution < 1.29 is 19.1 Å². The smallest absolute Gasteiger partial charge is 0.338 e. The highest BCUT2D eigenvalue weighted by Gasteiger charge is 2.31. The van der Waals surface area contributed by atoms with E-state index in [-0.39, 0.29) is 5.78 Å². The number of fused-ring (bicyclic) bond motifs is 2. The summed E-state index contributed by atoms with van der Waals surface area (Å²) in [7, 11) is 2.90. The van der Waals surface area contributed by atoms with Gasteiger partial charge in [0.05, 0.1) is 25.3 Å². The normalized spacial score (nSPS) is 12.0. The molecule has 0 radical (unpaired) electrons. The van der Waals surface area contributed by atoms with Gasteiger partial charge in [-0.15, -0.1) is 0 Å². The van der Waals surface area contributed by atoms with Gasteiger partial charge in [0.2, 0.25) is 0 Å². The van der Waals surface area contributed by atoms with E-state index in [0.29, 0.717) is 28.0 Å². The summed E-state index contributed by atoms with van der Waals surface area (Å²) in [4.78, 5) is 25.5. The quantitative estimate of drug-likeness (QED) is 0.517. The van der Waals surface area contributed by atoms with Gasteiger partial charge >= 0.3 is 5.97 Å². The molecule has 4 nitrogen and oxygen atoms in total. The van der Waals surface area contributed by atoms with Crippen molar-refractivity contribution in [3.63, 3.8) is 0 Å². The van der Waals surface area contributed by atoms with Crippen LogP contribution in [0.25, 0.3) is 21.9 Å². The highest BCUT2D eigenvalue weighted by Crippen LogP contribution is 2.45. The Morgan fingerprint density at radius 1 is 0.920 bits per heavy atom. The zero-order valence-electron chi connectivity index (χ0n) is 14.2. The van der Waals surface area contributed by atoms with Gasteiger partial charge in [0.1, 0.15) is 5.75 Å². The third-order valence-electron chi connectivity index (χ3n) is 4.79. The van der Waals surface area contributed by atoms with Crippen molar-refractivity contribution >= 4 is 22.5 Å². The molecule has 0 bridgehead atoms. The van der Waals surface area contributed by atoms with Crippen molar-refractivity contribution in [2.45, 2.75) is 6.92 Å². The lowest BCUT2D eigenvalue weighted by Gasteiger charge is -2.24. The van der Waals surface area contributed by atoms with Crippen molar-refractivity contribution in [3.05, 3.63) is 64.7 Å². The Morgan fingerprint density at radius 3 is 2.44 bits per heavy atom. The van der Waals surface area contributed by atoms with Crippen molar-refractivity contribution in [1.29, 1.82) is 0 Å². The average Bonchev–Trinajstić information content (AvgIpc) is 2.65. The van der Waals surface area contributed by atoms with E-state index in [0.717, 1.165) is 21.9 Å². The van der Waals surface area contributed by atoms with Crippen molar-refractivity contribution in [2.24, 2.45) is 0 Å². The molecular weight excluding hydrogens is 316 g/mol. The first-order valence-corrected chi connectivity index (χ1v) is 7.95. The van der Waals surface area contributed by atoms with Crippen LogP contribution in [0.15, 0.2) is 42.5 Å². The first kappa shape index (κ1) is 15.4. The molecule has 4 heteroatoms. The topological polar surface area (TPSA) is 52.6 Å². The van der Waals surface area contributed by atoms with Gasteiger partial charge in [0.15, 0.2) is 5.78 Å². The van der Waals surface area contributed by atoms with Crippen LogP contribution in [0.5, 0.6) is 5.75 Å². The Labute approximate surface area is 145 Å². The first-order chi connectivity index (χ1) is 12.1. The van der Waals surface area contributed by atoms with Crippen LogP contribution >= 0.6 is 0 Å². The zero-order chi connectivity index (χ0) is 17.7. The number of ether oxygens (including phenoxy) is 2. The monoisotopic (exact) mass is 332 g/mol. The molecule has 0 aromatic heterocycles. The lowest BCUT2D eigenvalue weighted by atomic mass is 9.79. The third kappa shape index (κ3) is 2.00. The maximum Gasteiger partial charge on any atom is 0.338 e. The highest BCUT2D eigenvalue weighted by molar-refractivity contribution is 6.29. The lowest BCUT2D eigenvalue weighted by molar-refractivity contribution is 0.0601. The molecule has 0 heterocycles. The van der Waals surface area contributed by atoms with E-state index in [1.165, 1.54) is 14.2 Å². The van der Waals surface area contributed by atoms with Crippen molar-refractivity contribution in [1.82, 2.24) is 0 Å². The summed E-state index contributed by atoms with van der Waals surface area (Å²) in [5.74, 6) is -0.0130. The zero-order valence-corrected chi connectivity index (χ0v) is 14.2. The minimum absolute atomic E-state index is 0.0908. The molecule has 25 heavy (non-hydrogen) atoms. The number of carbonyl (C=O) groups is 2. The van der Waals surface area contributed by atoms with Gasteiger partial charge in [-0.3, -0.25) is 4.79 Å². The minimum Gasteiger partial charge on any atom is -0.496 e. The van der Waals surface area contributed by atoms with E-state index in [9.17, 15) is 9.59 Å². The molecular formula is C21H16O4. The number of hydrogen-bond acceptors (Lipinski definition) is 4. The standard InChI is InChI=1S/C21H16O4/c1-11-7-8-14-17-12(11)9-10-15(21(23)25-3)18(17)13-5-4-6-16(24-2)19(13)20(14)22/h4-10H,1-3H3. The molecule has 124 valence electrons. The van der Waals surface area contributed by atoms with Crippen molar-refractivity contribution in [2.75, 3.05) is 14.2 Å². The summed E-state index contributed by atoms with van der Waals surface area (Å²) in [5.41, 5.74) is 4.00. The van der Waals surface area contributed by atoms with Crippen LogP contribution in [-0.4, -0.2) is 26.0 Å². The first-order valence-electron chi connectivity index (χ1n) is 7.95. The van der Waals surface area contributed by atoms with Crippen LogP contribution in [0.2, 0.25) is 0 Å². The van der Waals surface area contributed by atoms with E-state index in [1.807, 2.05) is 37.3 Å². The van der Waals surface area contributed by atoms with E-state index >= 15 is 0 Å². The number of methoxy groups -OCH3 is 2. The fourth-order valence-electron chi connectivity index (χ4n) is 3.62. The number of carbonyl (C=O) groups excluding carboxylic acids is 2. The van der Waals surface area contributed by atoms with E-state index in [4.69, 9.17) is 9.47 Å². The fourth-order valence-corrected chi connectivity index (χ4v) is 3.62. The second-order valence-electron chi connectivity index (χ2n) is 6.04. The third-order valence-corrected chi connectivity index (χ3v) is 4.79. The van der Waals surface area contributed by atoms with Crippen LogP contribution < -0.4 is 4.74 Å². The Hall–Kier alpha value is -3.14. The van der Waals surface area contributed by atoms with Gasteiger partial charge in [-0.2, -0.15) is 0 Å². The van der Waals surface area contributed by atoms with Gasteiger partial charge in [-0.25, -0.2) is 4.79 Å². The van der Waals surface area contributed by atoms with Gasteiger partial charge in [0, 0.05) is 16.5 Å². The second-order valence-corrected chi connectivity index (χ2v) is 6.04. The van der Waals surface area contributed by atoms with Gasteiger partial charge in [-0.05, 0) is 35.6 Å². The molecule has 0 aliphatic heterocycles. The number of ketones is 1. The second kappa shape index (κ2) is 5.45. The van der Waals surface area contributed by atoms with Crippen LogP contribution in [-0.2, 0) is 4.74 Å². The summed E-state index contributed by atoms with van der Waals surface area (Å²) in [6.07, 6.45) is 0. The van der Waals surface area contributed by atoms with E-state index in [1.54, 1.807) is 12.1 Å². The summed E-state index contributed by atoms with van der Waals surface area (Å²) < 4.78 is 10.4. The molecule has 4 rings (SSSR count). The molecule has 0 N–H and O–H groups in total. The maximum atomic E-state index is 13.1. The summed E-state index contributed by atoms with van der Waals surface area (Å²) in [6.45, 7) is 1.99. The number of esters is 1. The number of aryl methyl sites for hydroxylation is 1. The summed E-state index contributed by atoms with van der Waals surface area (Å²) in [5, 5.41) is 1.76. The van der Waals surface area contributed by atoms with Crippen LogP contribution in [0.4, 0.5) is 0 Å². The molecule has 0 amide bonds. The average molecular weight is 332 g/mol. The van der Waals surface area contributed by atoms with Gasteiger partial charge in [-0.1, -0.05) is 30.3 Å². The number of rotatable bonds is 2. The molecule has 0 saturated carbocycles. The van der Waals surface area contributed by atoms with Gasteiger partial charge in [0.25, 0.3) is 0 Å². The molecule has 1 aliphatic rings. The molecule has 0 fully saturated rings. The van der Waals surface area contributed by atoms with Crippen LogP contribution in [0, 0.1) is 6.92 Å². The largest absolute Gasteiger partial charge is 0.496 e. The molecule has 0 spiro atoms. The molecule has 3 aromatic carbocycles. The Kier molecular flexibility index (Phi) is 3.35. The number of hydrogen-bond donors (Lipinski definition) is 0. The molecule has 1 aliphatic carbocycles.